The van der Waals surface area contributed by atoms with Gasteiger partial charge in [0.1, 0.15) is 12.4 Å². The molecule has 0 saturated carbocycles. The fraction of sp³-hybridized carbons (Fsp3) is 0.471. The van der Waals surface area contributed by atoms with E-state index in [-0.39, 0.29) is 6.04 Å². The van der Waals surface area contributed by atoms with Crippen LogP contribution >= 0.6 is 0 Å². The van der Waals surface area contributed by atoms with E-state index in [9.17, 15) is 0 Å². The molecule has 1 aromatic carbocycles. The van der Waals surface area contributed by atoms with Gasteiger partial charge in [0, 0.05) is 7.11 Å². The van der Waals surface area contributed by atoms with Crippen LogP contribution in [0.5, 0.6) is 0 Å². The summed E-state index contributed by atoms with van der Waals surface area (Å²) in [6.07, 6.45) is 3.37. The Labute approximate surface area is 140 Å². The summed E-state index contributed by atoms with van der Waals surface area (Å²) in [7, 11) is 1.63. The molecule has 0 spiro atoms. The number of piperidine rings is 1. The summed E-state index contributed by atoms with van der Waals surface area (Å²) in [5.74, 6) is 2.25. The number of aromatic amines is 1. The standard InChI is InChI=1S/C17H21N5O2/c1-23-11-16-20-17(24-21-16)14-8-4-5-9-22(14)10-15-18-12-6-2-3-7-13(12)19-15/h2-3,6-7,14H,4-5,8-11H2,1H3,(H,18,19). The van der Waals surface area contributed by atoms with Crippen molar-refractivity contribution in [2.24, 2.45) is 0 Å². The minimum Gasteiger partial charge on any atom is -0.377 e. The minimum absolute atomic E-state index is 0.144. The lowest BCUT2D eigenvalue weighted by Gasteiger charge is -2.32. The van der Waals surface area contributed by atoms with Crippen LogP contribution in [0, 0.1) is 0 Å². The van der Waals surface area contributed by atoms with Crippen LogP contribution in [0.25, 0.3) is 11.0 Å². The highest BCUT2D eigenvalue weighted by atomic mass is 16.5. The van der Waals surface area contributed by atoms with E-state index in [1.165, 1.54) is 12.8 Å². The quantitative estimate of drug-likeness (QED) is 0.776. The van der Waals surface area contributed by atoms with Crippen molar-refractivity contribution >= 4 is 11.0 Å². The van der Waals surface area contributed by atoms with Crippen LogP contribution in [0.2, 0.25) is 0 Å². The van der Waals surface area contributed by atoms with Gasteiger partial charge in [-0.1, -0.05) is 23.7 Å². The molecule has 2 aromatic heterocycles. The monoisotopic (exact) mass is 327 g/mol. The lowest BCUT2D eigenvalue weighted by atomic mass is 10.0. The van der Waals surface area contributed by atoms with Crippen molar-refractivity contribution in [2.45, 2.75) is 38.5 Å². The predicted molar refractivity (Wildman–Crippen MR) is 88.1 cm³/mol. The zero-order valence-corrected chi connectivity index (χ0v) is 13.7. The lowest BCUT2D eigenvalue weighted by Crippen LogP contribution is -2.33. The van der Waals surface area contributed by atoms with Gasteiger partial charge in [-0.25, -0.2) is 4.98 Å². The highest BCUT2D eigenvalue weighted by molar-refractivity contribution is 5.74. The number of methoxy groups -OCH3 is 1. The smallest absolute Gasteiger partial charge is 0.244 e. The van der Waals surface area contributed by atoms with E-state index in [4.69, 9.17) is 9.26 Å². The Morgan fingerprint density at radius 3 is 3.08 bits per heavy atom. The van der Waals surface area contributed by atoms with E-state index in [0.717, 1.165) is 36.4 Å². The summed E-state index contributed by atoms with van der Waals surface area (Å²) in [4.78, 5) is 14.9. The van der Waals surface area contributed by atoms with Crippen molar-refractivity contribution < 1.29 is 9.26 Å². The number of benzene rings is 1. The molecule has 0 amide bonds. The number of rotatable bonds is 5. The van der Waals surface area contributed by atoms with E-state index in [2.05, 4.69) is 31.1 Å². The number of fused-ring (bicyclic) bond motifs is 1. The van der Waals surface area contributed by atoms with Crippen molar-refractivity contribution in [3.8, 4) is 0 Å². The molecule has 0 bridgehead atoms. The highest BCUT2D eigenvalue weighted by Crippen LogP contribution is 2.31. The van der Waals surface area contributed by atoms with Crippen molar-refractivity contribution in [2.75, 3.05) is 13.7 Å². The van der Waals surface area contributed by atoms with E-state index in [1.54, 1.807) is 7.11 Å². The van der Waals surface area contributed by atoms with Crippen molar-refractivity contribution in [1.82, 2.24) is 25.0 Å². The van der Waals surface area contributed by atoms with Gasteiger partial charge in [0.05, 0.1) is 23.6 Å². The molecule has 3 aromatic rings. The lowest BCUT2D eigenvalue weighted by molar-refractivity contribution is 0.109. The molecule has 0 radical (unpaired) electrons. The van der Waals surface area contributed by atoms with Crippen molar-refractivity contribution in [1.29, 1.82) is 0 Å². The molecule has 7 nitrogen and oxygen atoms in total. The van der Waals surface area contributed by atoms with Gasteiger partial charge in [-0.2, -0.15) is 4.98 Å². The molecule has 1 atom stereocenters. The van der Waals surface area contributed by atoms with Crippen molar-refractivity contribution in [3.63, 3.8) is 0 Å². The summed E-state index contributed by atoms with van der Waals surface area (Å²) in [6, 6.07) is 8.24. The molecular weight excluding hydrogens is 306 g/mol. The summed E-state index contributed by atoms with van der Waals surface area (Å²) in [5.41, 5.74) is 2.07. The fourth-order valence-electron chi connectivity index (χ4n) is 3.32. The van der Waals surface area contributed by atoms with Crippen LogP contribution in [0.4, 0.5) is 0 Å². The Hall–Kier alpha value is -2.25. The minimum atomic E-state index is 0.144. The zero-order chi connectivity index (χ0) is 16.4. The number of nitrogens with zero attached hydrogens (tertiary/aromatic N) is 4. The van der Waals surface area contributed by atoms with Gasteiger partial charge in [0.15, 0.2) is 5.82 Å². The fourth-order valence-corrected chi connectivity index (χ4v) is 3.32. The predicted octanol–water partition coefficient (Wildman–Crippen LogP) is 2.82. The summed E-state index contributed by atoms with van der Waals surface area (Å²) >= 11 is 0. The van der Waals surface area contributed by atoms with E-state index >= 15 is 0 Å². The number of imidazole rings is 1. The van der Waals surface area contributed by atoms with Crippen LogP contribution in [-0.2, 0) is 17.9 Å². The third-order valence-corrected chi connectivity index (χ3v) is 4.45. The summed E-state index contributed by atoms with van der Waals surface area (Å²) < 4.78 is 10.5. The first-order valence-electron chi connectivity index (χ1n) is 8.32. The van der Waals surface area contributed by atoms with Gasteiger partial charge in [-0.3, -0.25) is 4.90 Å². The third-order valence-electron chi connectivity index (χ3n) is 4.45. The third kappa shape index (κ3) is 3.05. The second-order valence-electron chi connectivity index (χ2n) is 6.16. The first-order chi connectivity index (χ1) is 11.8. The summed E-state index contributed by atoms with van der Waals surface area (Å²) in [6.45, 7) is 2.13. The Balaban J connectivity index is 1.54. The molecule has 24 heavy (non-hydrogen) atoms. The molecule has 0 aliphatic carbocycles. The van der Waals surface area contributed by atoms with Gasteiger partial charge in [-0.15, -0.1) is 0 Å². The maximum Gasteiger partial charge on any atom is 0.244 e. The Morgan fingerprint density at radius 2 is 2.21 bits per heavy atom. The second-order valence-corrected chi connectivity index (χ2v) is 6.16. The van der Waals surface area contributed by atoms with Crippen LogP contribution in [0.15, 0.2) is 28.8 Å². The van der Waals surface area contributed by atoms with Crippen LogP contribution in [0.1, 0.15) is 42.8 Å². The van der Waals surface area contributed by atoms with Gasteiger partial charge in [-0.05, 0) is 31.5 Å². The van der Waals surface area contributed by atoms with Crippen LogP contribution < -0.4 is 0 Å². The number of para-hydroxylation sites is 2. The number of H-pyrrole nitrogens is 1. The highest BCUT2D eigenvalue weighted by Gasteiger charge is 2.29. The SMILES string of the molecule is COCc1noc(C2CCCCN2Cc2nc3ccccc3[nH]2)n1. The molecule has 1 saturated heterocycles. The molecule has 126 valence electrons. The molecule has 1 fully saturated rings. The number of hydrogen-bond donors (Lipinski definition) is 1. The number of ether oxygens (including phenoxy) is 1. The molecular formula is C17H21N5O2. The number of aromatic nitrogens is 4. The summed E-state index contributed by atoms with van der Waals surface area (Å²) in [5, 5.41) is 4.00. The Morgan fingerprint density at radius 1 is 1.29 bits per heavy atom. The van der Waals surface area contributed by atoms with Gasteiger partial charge in [0.25, 0.3) is 0 Å². The molecule has 3 heterocycles. The normalized spacial score (nSPS) is 19.1. The Bertz CT molecular complexity index is 779. The average molecular weight is 327 g/mol. The largest absolute Gasteiger partial charge is 0.377 e. The second kappa shape index (κ2) is 6.70. The topological polar surface area (TPSA) is 80.1 Å². The van der Waals surface area contributed by atoms with E-state index in [1.807, 2.05) is 18.2 Å². The van der Waals surface area contributed by atoms with E-state index in [0.29, 0.717) is 18.3 Å². The first-order valence-corrected chi connectivity index (χ1v) is 8.32. The first kappa shape index (κ1) is 15.3. The van der Waals surface area contributed by atoms with Crippen molar-refractivity contribution in [3.05, 3.63) is 41.8 Å². The van der Waals surface area contributed by atoms with Crippen LogP contribution in [-0.4, -0.2) is 38.7 Å². The maximum absolute atomic E-state index is 5.47. The molecule has 1 unspecified atom stereocenters. The molecule has 1 N–H and O–H groups in total. The average Bonchev–Trinajstić information content (AvgIpc) is 3.22. The maximum atomic E-state index is 5.47. The molecule has 1 aliphatic rings. The van der Waals surface area contributed by atoms with E-state index < -0.39 is 0 Å². The van der Waals surface area contributed by atoms with Crippen LogP contribution in [0.3, 0.4) is 0 Å². The number of likely N-dealkylation sites (tertiary alicyclic amines) is 1. The van der Waals surface area contributed by atoms with Gasteiger partial charge >= 0.3 is 0 Å². The molecule has 1 aliphatic heterocycles. The zero-order valence-electron chi connectivity index (χ0n) is 13.7. The number of hydrogen-bond acceptors (Lipinski definition) is 6. The van der Waals surface area contributed by atoms with Gasteiger partial charge < -0.3 is 14.2 Å². The Kier molecular flexibility index (Phi) is 4.27. The molecule has 4 rings (SSSR count). The molecule has 7 heteroatoms. The van der Waals surface area contributed by atoms with Gasteiger partial charge in [0.2, 0.25) is 5.89 Å². The number of nitrogens with one attached hydrogen (secondary N) is 1.